The second-order valence-corrected chi connectivity index (χ2v) is 4.83. The number of carbonyl (C=O) groups excluding carboxylic acids is 1. The Bertz CT molecular complexity index is 395. The minimum atomic E-state index is -0.466. The van der Waals surface area contributed by atoms with Crippen molar-refractivity contribution in [3.05, 3.63) is 35.6 Å². The predicted molar refractivity (Wildman–Crippen MR) is 68.2 cm³/mol. The summed E-state index contributed by atoms with van der Waals surface area (Å²) in [6.45, 7) is -0.00833. The van der Waals surface area contributed by atoms with Gasteiger partial charge in [-0.05, 0) is 25.0 Å². The normalized spacial score (nSPS) is 17.4. The van der Waals surface area contributed by atoms with Crippen molar-refractivity contribution in [3.63, 3.8) is 0 Å². The molecule has 0 N–H and O–H groups in total. The van der Waals surface area contributed by atoms with Crippen LogP contribution in [0.2, 0.25) is 0 Å². The Morgan fingerprint density at radius 3 is 2.50 bits per heavy atom. The number of hydrogen-bond acceptors (Lipinski definition) is 2. The third kappa shape index (κ3) is 3.64. The van der Waals surface area contributed by atoms with Gasteiger partial charge in [0.15, 0.2) is 5.78 Å². The monoisotopic (exact) mass is 250 g/mol. The lowest BCUT2D eigenvalue weighted by Crippen LogP contribution is -2.18. The maximum atomic E-state index is 13.4. The minimum Gasteiger partial charge on any atom is -0.370 e. The highest BCUT2D eigenvalue weighted by molar-refractivity contribution is 5.97. The molecule has 0 bridgehead atoms. The van der Waals surface area contributed by atoms with E-state index >= 15 is 0 Å². The SMILES string of the molecule is O=C(COC1CCCCCC1)c1ccccc1F. The average Bonchev–Trinajstić information content (AvgIpc) is 2.65. The molecule has 0 heterocycles. The fourth-order valence-electron chi connectivity index (χ4n) is 2.37. The van der Waals surface area contributed by atoms with Crippen LogP contribution in [0.4, 0.5) is 4.39 Å². The van der Waals surface area contributed by atoms with Gasteiger partial charge in [-0.3, -0.25) is 4.79 Å². The van der Waals surface area contributed by atoms with E-state index in [-0.39, 0.29) is 24.1 Å². The Kier molecular flexibility index (Phi) is 4.88. The summed E-state index contributed by atoms with van der Waals surface area (Å²) < 4.78 is 19.0. The summed E-state index contributed by atoms with van der Waals surface area (Å²) in [5.74, 6) is -0.732. The van der Waals surface area contributed by atoms with Gasteiger partial charge >= 0.3 is 0 Å². The number of benzene rings is 1. The summed E-state index contributed by atoms with van der Waals surface area (Å²) in [4.78, 5) is 11.8. The number of Topliss-reactive ketones (excluding diaryl/α,β-unsaturated/α-hetero) is 1. The molecule has 98 valence electrons. The van der Waals surface area contributed by atoms with Crippen LogP contribution in [0, 0.1) is 5.82 Å². The van der Waals surface area contributed by atoms with Gasteiger partial charge in [-0.1, -0.05) is 37.8 Å². The molecule has 18 heavy (non-hydrogen) atoms. The zero-order valence-electron chi connectivity index (χ0n) is 10.5. The summed E-state index contributed by atoms with van der Waals surface area (Å²) >= 11 is 0. The molecule has 0 radical (unpaired) electrons. The van der Waals surface area contributed by atoms with Crippen molar-refractivity contribution in [3.8, 4) is 0 Å². The molecule has 1 aliphatic rings. The number of ether oxygens (including phenoxy) is 1. The molecule has 0 aromatic heterocycles. The van der Waals surface area contributed by atoms with Gasteiger partial charge in [0.1, 0.15) is 12.4 Å². The van der Waals surface area contributed by atoms with E-state index in [0.29, 0.717) is 0 Å². The summed E-state index contributed by atoms with van der Waals surface area (Å²) in [5.41, 5.74) is 0.131. The molecule has 1 saturated carbocycles. The molecule has 0 spiro atoms. The molecule has 1 aromatic carbocycles. The van der Waals surface area contributed by atoms with Crippen LogP contribution < -0.4 is 0 Å². The Morgan fingerprint density at radius 1 is 1.17 bits per heavy atom. The van der Waals surface area contributed by atoms with E-state index in [9.17, 15) is 9.18 Å². The minimum absolute atomic E-state index is 0.00833. The van der Waals surface area contributed by atoms with Gasteiger partial charge in [-0.15, -0.1) is 0 Å². The number of rotatable bonds is 4. The zero-order valence-corrected chi connectivity index (χ0v) is 10.5. The van der Waals surface area contributed by atoms with Crippen molar-refractivity contribution in [1.82, 2.24) is 0 Å². The maximum absolute atomic E-state index is 13.4. The van der Waals surface area contributed by atoms with Crippen molar-refractivity contribution in [2.75, 3.05) is 6.61 Å². The zero-order chi connectivity index (χ0) is 12.8. The second-order valence-electron chi connectivity index (χ2n) is 4.83. The van der Waals surface area contributed by atoms with Gasteiger partial charge < -0.3 is 4.74 Å². The van der Waals surface area contributed by atoms with Crippen LogP contribution in [-0.2, 0) is 4.74 Å². The molecule has 0 atom stereocenters. The Labute approximate surface area is 107 Å². The Hall–Kier alpha value is -1.22. The Morgan fingerprint density at radius 2 is 1.83 bits per heavy atom. The fourth-order valence-corrected chi connectivity index (χ4v) is 2.37. The molecule has 0 saturated heterocycles. The van der Waals surface area contributed by atoms with E-state index in [4.69, 9.17) is 4.74 Å². The summed E-state index contributed by atoms with van der Waals surface area (Å²) in [5, 5.41) is 0. The van der Waals surface area contributed by atoms with Crippen molar-refractivity contribution in [2.45, 2.75) is 44.6 Å². The molecule has 0 aliphatic heterocycles. The van der Waals surface area contributed by atoms with E-state index in [1.165, 1.54) is 37.8 Å². The number of ketones is 1. The van der Waals surface area contributed by atoms with Gasteiger partial charge in [-0.25, -0.2) is 4.39 Å². The smallest absolute Gasteiger partial charge is 0.191 e. The van der Waals surface area contributed by atoms with Crippen LogP contribution in [0.1, 0.15) is 48.9 Å². The summed E-state index contributed by atoms with van der Waals surface area (Å²) in [6, 6.07) is 6.06. The first-order valence-corrected chi connectivity index (χ1v) is 6.66. The predicted octanol–water partition coefficient (Wildman–Crippen LogP) is 3.75. The van der Waals surface area contributed by atoms with E-state index in [1.54, 1.807) is 12.1 Å². The summed E-state index contributed by atoms with van der Waals surface area (Å²) in [7, 11) is 0. The highest BCUT2D eigenvalue weighted by Gasteiger charge is 2.16. The fraction of sp³-hybridized carbons (Fsp3) is 0.533. The quantitative estimate of drug-likeness (QED) is 0.601. The highest BCUT2D eigenvalue weighted by atomic mass is 19.1. The van der Waals surface area contributed by atoms with Crippen molar-refractivity contribution < 1.29 is 13.9 Å². The average molecular weight is 250 g/mol. The maximum Gasteiger partial charge on any atom is 0.191 e. The van der Waals surface area contributed by atoms with Crippen molar-refractivity contribution in [1.29, 1.82) is 0 Å². The van der Waals surface area contributed by atoms with Crippen molar-refractivity contribution in [2.24, 2.45) is 0 Å². The third-order valence-corrected chi connectivity index (χ3v) is 3.43. The topological polar surface area (TPSA) is 26.3 Å². The van der Waals surface area contributed by atoms with Gasteiger partial charge in [0.25, 0.3) is 0 Å². The van der Waals surface area contributed by atoms with Crippen LogP contribution >= 0.6 is 0 Å². The van der Waals surface area contributed by atoms with E-state index in [2.05, 4.69) is 0 Å². The highest BCUT2D eigenvalue weighted by Crippen LogP contribution is 2.20. The molecule has 1 aromatic rings. The van der Waals surface area contributed by atoms with E-state index < -0.39 is 5.82 Å². The van der Waals surface area contributed by atoms with Crippen LogP contribution in [-0.4, -0.2) is 18.5 Å². The molecule has 2 rings (SSSR count). The van der Waals surface area contributed by atoms with Gasteiger partial charge in [0.05, 0.1) is 11.7 Å². The lowest BCUT2D eigenvalue weighted by molar-refractivity contribution is 0.0386. The van der Waals surface area contributed by atoms with Gasteiger partial charge in [-0.2, -0.15) is 0 Å². The molecule has 0 amide bonds. The molecule has 3 heteroatoms. The van der Waals surface area contributed by atoms with Crippen LogP contribution in [0.5, 0.6) is 0 Å². The van der Waals surface area contributed by atoms with E-state index in [0.717, 1.165) is 12.8 Å². The van der Waals surface area contributed by atoms with Crippen LogP contribution in [0.15, 0.2) is 24.3 Å². The van der Waals surface area contributed by atoms with Gasteiger partial charge in [0.2, 0.25) is 0 Å². The van der Waals surface area contributed by atoms with Crippen LogP contribution in [0.25, 0.3) is 0 Å². The standard InChI is InChI=1S/C15H19FO2/c16-14-10-6-5-9-13(14)15(17)11-18-12-7-3-1-2-4-8-12/h5-6,9-10,12H,1-4,7-8,11H2. The first-order chi connectivity index (χ1) is 8.77. The first-order valence-electron chi connectivity index (χ1n) is 6.66. The molecular formula is C15H19FO2. The van der Waals surface area contributed by atoms with Crippen LogP contribution in [0.3, 0.4) is 0 Å². The van der Waals surface area contributed by atoms with Gasteiger partial charge in [0, 0.05) is 0 Å². The third-order valence-electron chi connectivity index (χ3n) is 3.43. The number of hydrogen-bond donors (Lipinski definition) is 0. The molecule has 1 fully saturated rings. The molecule has 1 aliphatic carbocycles. The largest absolute Gasteiger partial charge is 0.370 e. The second kappa shape index (κ2) is 6.64. The number of carbonyl (C=O) groups is 1. The van der Waals surface area contributed by atoms with E-state index in [1.807, 2.05) is 0 Å². The van der Waals surface area contributed by atoms with Crippen molar-refractivity contribution >= 4 is 5.78 Å². The first kappa shape index (κ1) is 13.2. The lowest BCUT2D eigenvalue weighted by atomic mass is 10.1. The molecule has 0 unspecified atom stereocenters. The molecular weight excluding hydrogens is 231 g/mol. The molecule has 2 nitrogen and oxygen atoms in total. The lowest BCUT2D eigenvalue weighted by Gasteiger charge is -2.14. The number of halogens is 1. The Balaban J connectivity index is 1.86. The summed E-state index contributed by atoms with van der Waals surface area (Å²) in [6.07, 6.45) is 7.04.